The lowest BCUT2D eigenvalue weighted by molar-refractivity contribution is 0.249. The van der Waals surface area contributed by atoms with Crippen molar-refractivity contribution in [3.8, 4) is 0 Å². The normalized spacial score (nSPS) is 15.6. The van der Waals surface area contributed by atoms with Gasteiger partial charge in [0.15, 0.2) is 0 Å². The molecule has 0 atom stereocenters. The first-order chi connectivity index (χ1) is 10.7. The van der Waals surface area contributed by atoms with E-state index in [1.165, 1.54) is 0 Å². The topological polar surface area (TPSA) is 67.8 Å². The third-order valence-corrected chi connectivity index (χ3v) is 3.93. The van der Waals surface area contributed by atoms with Crippen molar-refractivity contribution in [2.24, 2.45) is 0 Å². The third-order valence-electron chi connectivity index (χ3n) is 3.93. The fourth-order valence-electron chi connectivity index (χ4n) is 2.61. The van der Waals surface area contributed by atoms with Gasteiger partial charge >= 0.3 is 6.03 Å². The number of aliphatic hydroxyl groups excluding tert-OH is 1. The van der Waals surface area contributed by atoms with E-state index in [0.717, 1.165) is 44.1 Å². The highest BCUT2D eigenvalue weighted by molar-refractivity contribution is 5.93. The maximum Gasteiger partial charge on any atom is 0.319 e. The van der Waals surface area contributed by atoms with Crippen LogP contribution in [0.15, 0.2) is 24.3 Å². The summed E-state index contributed by atoms with van der Waals surface area (Å²) in [4.78, 5) is 16.6. The molecule has 122 valence electrons. The molecule has 1 aliphatic rings. The number of aliphatic hydroxyl groups is 1. The van der Waals surface area contributed by atoms with Crippen LogP contribution in [0.5, 0.6) is 0 Å². The van der Waals surface area contributed by atoms with Gasteiger partial charge in [0.1, 0.15) is 0 Å². The maximum absolute atomic E-state index is 11.9. The molecule has 1 heterocycles. The van der Waals surface area contributed by atoms with Crippen molar-refractivity contribution in [1.29, 1.82) is 0 Å². The first kappa shape index (κ1) is 16.6. The zero-order valence-corrected chi connectivity index (χ0v) is 13.2. The van der Waals surface area contributed by atoms with Crippen LogP contribution in [-0.2, 0) is 0 Å². The van der Waals surface area contributed by atoms with E-state index in [0.29, 0.717) is 13.0 Å². The van der Waals surface area contributed by atoms with E-state index in [1.54, 1.807) is 0 Å². The summed E-state index contributed by atoms with van der Waals surface area (Å²) >= 11 is 0. The highest BCUT2D eigenvalue weighted by atomic mass is 16.3. The number of urea groups is 1. The molecule has 0 saturated carbocycles. The van der Waals surface area contributed by atoms with E-state index in [9.17, 15) is 4.79 Å². The molecule has 22 heavy (non-hydrogen) atoms. The molecule has 0 unspecified atom stereocenters. The summed E-state index contributed by atoms with van der Waals surface area (Å²) in [5, 5.41) is 14.4. The van der Waals surface area contributed by atoms with Gasteiger partial charge < -0.3 is 25.5 Å². The number of likely N-dealkylation sites (N-methyl/N-ethyl adjacent to an activating group) is 1. The molecule has 0 radical (unpaired) electrons. The minimum absolute atomic E-state index is 0.0819. The Bertz CT molecular complexity index is 473. The van der Waals surface area contributed by atoms with Gasteiger partial charge in [-0.2, -0.15) is 0 Å². The Kier molecular flexibility index (Phi) is 6.48. The van der Waals surface area contributed by atoms with Crippen LogP contribution < -0.4 is 15.5 Å². The molecule has 2 rings (SSSR count). The largest absolute Gasteiger partial charge is 0.396 e. The second-order valence-electron chi connectivity index (χ2n) is 5.40. The van der Waals surface area contributed by atoms with Gasteiger partial charge in [-0.1, -0.05) is 19.1 Å². The smallest absolute Gasteiger partial charge is 0.319 e. The summed E-state index contributed by atoms with van der Waals surface area (Å²) in [7, 11) is 0. The lowest BCUT2D eigenvalue weighted by atomic mass is 10.2. The second kappa shape index (κ2) is 8.60. The molecule has 1 fully saturated rings. The number of benzene rings is 1. The highest BCUT2D eigenvalue weighted by Gasteiger charge is 2.18. The van der Waals surface area contributed by atoms with Crippen LogP contribution in [-0.4, -0.2) is 61.9 Å². The predicted octanol–water partition coefficient (Wildman–Crippen LogP) is 1.33. The van der Waals surface area contributed by atoms with Gasteiger partial charge in [0.2, 0.25) is 0 Å². The average molecular weight is 306 g/mol. The molecule has 0 aliphatic carbocycles. The summed E-state index contributed by atoms with van der Waals surface area (Å²) < 4.78 is 0. The van der Waals surface area contributed by atoms with Gasteiger partial charge in [0, 0.05) is 39.3 Å². The number of nitrogens with one attached hydrogen (secondary N) is 2. The van der Waals surface area contributed by atoms with Crippen molar-refractivity contribution in [3.63, 3.8) is 0 Å². The Labute approximate surface area is 132 Å². The van der Waals surface area contributed by atoms with Crippen LogP contribution in [0.1, 0.15) is 13.3 Å². The van der Waals surface area contributed by atoms with Crippen LogP contribution in [0.25, 0.3) is 0 Å². The van der Waals surface area contributed by atoms with Crippen molar-refractivity contribution in [2.75, 3.05) is 56.1 Å². The number of amides is 2. The van der Waals surface area contributed by atoms with Crippen molar-refractivity contribution >= 4 is 17.4 Å². The minimum Gasteiger partial charge on any atom is -0.396 e. The quantitative estimate of drug-likeness (QED) is 0.694. The number of hydrogen-bond donors (Lipinski definition) is 3. The maximum atomic E-state index is 11.9. The molecule has 0 bridgehead atoms. The number of anilines is 2. The Morgan fingerprint density at radius 2 is 1.95 bits per heavy atom. The number of piperazine rings is 1. The molecule has 0 spiro atoms. The Morgan fingerprint density at radius 1 is 1.23 bits per heavy atom. The fraction of sp³-hybridized carbons (Fsp3) is 0.562. The summed E-state index contributed by atoms with van der Waals surface area (Å²) in [6.45, 7) is 7.86. The molecule has 1 aromatic rings. The lowest BCUT2D eigenvalue weighted by Crippen LogP contribution is -2.46. The summed E-state index contributed by atoms with van der Waals surface area (Å²) in [5.41, 5.74) is 1.89. The third kappa shape index (κ3) is 4.61. The monoisotopic (exact) mass is 306 g/mol. The predicted molar refractivity (Wildman–Crippen MR) is 89.5 cm³/mol. The lowest BCUT2D eigenvalue weighted by Gasteiger charge is -2.36. The number of rotatable bonds is 6. The van der Waals surface area contributed by atoms with Gasteiger partial charge in [-0.3, -0.25) is 0 Å². The van der Waals surface area contributed by atoms with Gasteiger partial charge in [0.05, 0.1) is 11.4 Å². The van der Waals surface area contributed by atoms with E-state index in [4.69, 9.17) is 5.11 Å². The molecule has 0 aromatic heterocycles. The summed E-state index contributed by atoms with van der Waals surface area (Å²) in [6, 6.07) is 7.66. The van der Waals surface area contributed by atoms with Crippen molar-refractivity contribution < 1.29 is 9.90 Å². The summed E-state index contributed by atoms with van der Waals surface area (Å²) in [6.07, 6.45) is 0.564. The molecular weight excluding hydrogens is 280 g/mol. The van der Waals surface area contributed by atoms with Crippen LogP contribution in [0.4, 0.5) is 16.2 Å². The molecule has 6 heteroatoms. The molecular formula is C16H26N4O2. The SMILES string of the molecule is CCN1CCN(c2ccccc2NC(=O)NCCCO)CC1. The van der Waals surface area contributed by atoms with Crippen LogP contribution in [0.3, 0.4) is 0 Å². The highest BCUT2D eigenvalue weighted by Crippen LogP contribution is 2.26. The molecule has 3 N–H and O–H groups in total. The van der Waals surface area contributed by atoms with Crippen molar-refractivity contribution in [3.05, 3.63) is 24.3 Å². The van der Waals surface area contributed by atoms with E-state index in [1.807, 2.05) is 24.3 Å². The minimum atomic E-state index is -0.229. The van der Waals surface area contributed by atoms with Crippen molar-refractivity contribution in [1.82, 2.24) is 10.2 Å². The average Bonchev–Trinajstić information content (AvgIpc) is 2.56. The zero-order valence-electron chi connectivity index (χ0n) is 13.2. The molecule has 1 saturated heterocycles. The van der Waals surface area contributed by atoms with Crippen molar-refractivity contribution in [2.45, 2.75) is 13.3 Å². The molecule has 2 amide bonds. The van der Waals surface area contributed by atoms with Crippen LogP contribution in [0, 0.1) is 0 Å². The van der Waals surface area contributed by atoms with Gasteiger partial charge in [-0.05, 0) is 25.1 Å². The molecule has 1 aliphatic heterocycles. The Hall–Kier alpha value is -1.79. The van der Waals surface area contributed by atoms with E-state index in [2.05, 4.69) is 27.4 Å². The Balaban J connectivity index is 1.96. The number of para-hydroxylation sites is 2. The number of carbonyl (C=O) groups excluding carboxylic acids is 1. The first-order valence-electron chi connectivity index (χ1n) is 7.96. The van der Waals surface area contributed by atoms with Gasteiger partial charge in [0.25, 0.3) is 0 Å². The standard InChI is InChI=1S/C16H26N4O2/c1-2-19-9-11-20(12-10-19)15-7-4-3-6-14(15)18-16(22)17-8-5-13-21/h3-4,6-7,21H,2,5,8-13H2,1H3,(H2,17,18,22). The van der Waals surface area contributed by atoms with E-state index in [-0.39, 0.29) is 12.6 Å². The van der Waals surface area contributed by atoms with E-state index >= 15 is 0 Å². The van der Waals surface area contributed by atoms with Crippen LogP contribution >= 0.6 is 0 Å². The Morgan fingerprint density at radius 3 is 2.64 bits per heavy atom. The van der Waals surface area contributed by atoms with Crippen LogP contribution in [0.2, 0.25) is 0 Å². The summed E-state index contributed by atoms with van der Waals surface area (Å²) in [5.74, 6) is 0. The fourth-order valence-corrected chi connectivity index (χ4v) is 2.61. The number of nitrogens with zero attached hydrogens (tertiary/aromatic N) is 2. The number of carbonyl (C=O) groups is 1. The van der Waals surface area contributed by atoms with E-state index < -0.39 is 0 Å². The second-order valence-corrected chi connectivity index (χ2v) is 5.40. The van der Waals surface area contributed by atoms with Gasteiger partial charge in [-0.25, -0.2) is 4.79 Å². The number of hydrogen-bond acceptors (Lipinski definition) is 4. The van der Waals surface area contributed by atoms with Gasteiger partial charge in [-0.15, -0.1) is 0 Å². The first-order valence-corrected chi connectivity index (χ1v) is 7.96. The zero-order chi connectivity index (χ0) is 15.8. The molecule has 1 aromatic carbocycles. The molecule has 6 nitrogen and oxygen atoms in total.